The van der Waals surface area contributed by atoms with Crippen LogP contribution >= 0.6 is 11.6 Å². The van der Waals surface area contributed by atoms with Gasteiger partial charge in [-0.2, -0.15) is 5.10 Å². The zero-order chi connectivity index (χ0) is 24.4. The lowest BCUT2D eigenvalue weighted by atomic mass is 9.93. The summed E-state index contributed by atoms with van der Waals surface area (Å²) in [5, 5.41) is 4.97. The Morgan fingerprint density at radius 1 is 0.971 bits per heavy atom. The van der Waals surface area contributed by atoms with Crippen LogP contribution in [0.5, 0.6) is 0 Å². The van der Waals surface area contributed by atoms with Crippen molar-refractivity contribution >= 4 is 34.8 Å². The smallest absolute Gasteiger partial charge is 0.289 e. The van der Waals surface area contributed by atoms with Gasteiger partial charge < -0.3 is 14.2 Å². The van der Waals surface area contributed by atoms with Crippen LogP contribution in [0.25, 0.3) is 0 Å². The average molecular weight is 491 g/mol. The number of hydrazone groups is 1. The molecule has 2 aliphatic rings. The molecule has 1 fully saturated rings. The van der Waals surface area contributed by atoms with Crippen LogP contribution < -0.4 is 10.3 Å². The van der Waals surface area contributed by atoms with E-state index in [0.29, 0.717) is 35.9 Å². The first-order valence-corrected chi connectivity index (χ1v) is 12.2. The third-order valence-corrected chi connectivity index (χ3v) is 6.86. The largest absolute Gasteiger partial charge is 0.455 e. The van der Waals surface area contributed by atoms with Gasteiger partial charge in [0.2, 0.25) is 0 Å². The molecule has 0 radical (unpaired) electrons. The minimum Gasteiger partial charge on any atom is -0.455 e. The Labute approximate surface area is 209 Å². The van der Waals surface area contributed by atoms with Crippen molar-refractivity contribution in [2.24, 2.45) is 5.10 Å². The van der Waals surface area contributed by atoms with Gasteiger partial charge in [-0.15, -0.1) is 0 Å². The SMILES string of the molecule is Cc1c(C(=O)N2CCN(c3ccccc3)CC2)oc2c1/C(=N/NC(=O)c1ccc(Cl)cc1)CCC2. The number of hydrogen-bond donors (Lipinski definition) is 1. The number of nitrogens with one attached hydrogen (secondary N) is 1. The van der Waals surface area contributed by atoms with Gasteiger partial charge >= 0.3 is 0 Å². The molecule has 2 amide bonds. The molecule has 1 aliphatic carbocycles. The highest BCUT2D eigenvalue weighted by Crippen LogP contribution is 2.31. The van der Waals surface area contributed by atoms with Crippen LogP contribution in [-0.2, 0) is 6.42 Å². The number of anilines is 1. The fourth-order valence-corrected chi connectivity index (χ4v) is 4.84. The van der Waals surface area contributed by atoms with Gasteiger partial charge in [-0.3, -0.25) is 9.59 Å². The van der Waals surface area contributed by atoms with Crippen molar-refractivity contribution in [3.8, 4) is 0 Å². The number of para-hydroxylation sites is 1. The molecular weight excluding hydrogens is 464 g/mol. The van der Waals surface area contributed by atoms with Crippen molar-refractivity contribution < 1.29 is 14.0 Å². The first-order valence-electron chi connectivity index (χ1n) is 11.9. The quantitative estimate of drug-likeness (QED) is 0.539. The van der Waals surface area contributed by atoms with E-state index in [9.17, 15) is 9.59 Å². The van der Waals surface area contributed by atoms with Gasteiger partial charge in [-0.1, -0.05) is 29.8 Å². The lowest BCUT2D eigenvalue weighted by Gasteiger charge is -2.35. The predicted molar refractivity (Wildman–Crippen MR) is 136 cm³/mol. The first-order chi connectivity index (χ1) is 17.0. The molecule has 5 rings (SSSR count). The number of piperazine rings is 1. The molecule has 3 aromatic rings. The van der Waals surface area contributed by atoms with E-state index in [-0.39, 0.29) is 11.8 Å². The highest BCUT2D eigenvalue weighted by Gasteiger charge is 2.31. The van der Waals surface area contributed by atoms with Gasteiger partial charge in [-0.25, -0.2) is 5.43 Å². The zero-order valence-corrected chi connectivity index (χ0v) is 20.3. The van der Waals surface area contributed by atoms with Crippen LogP contribution in [0, 0.1) is 6.92 Å². The molecule has 1 aromatic heterocycles. The molecule has 1 saturated heterocycles. The fraction of sp³-hybridized carbons (Fsp3) is 0.296. The summed E-state index contributed by atoms with van der Waals surface area (Å²) >= 11 is 5.90. The summed E-state index contributed by atoms with van der Waals surface area (Å²) in [7, 11) is 0. The second-order valence-corrected chi connectivity index (χ2v) is 9.27. The number of carbonyl (C=O) groups is 2. The molecule has 0 spiro atoms. The molecule has 2 heterocycles. The highest BCUT2D eigenvalue weighted by atomic mass is 35.5. The van der Waals surface area contributed by atoms with Gasteiger partial charge in [0.05, 0.1) is 5.71 Å². The Morgan fingerprint density at radius 3 is 2.40 bits per heavy atom. The number of rotatable bonds is 4. The number of carbonyl (C=O) groups excluding carboxylic acids is 2. The van der Waals surface area contributed by atoms with Crippen LogP contribution in [0.1, 0.15) is 50.6 Å². The van der Waals surface area contributed by atoms with E-state index < -0.39 is 0 Å². The van der Waals surface area contributed by atoms with E-state index in [1.165, 1.54) is 5.69 Å². The van der Waals surface area contributed by atoms with Gasteiger partial charge in [0.1, 0.15) is 5.76 Å². The summed E-state index contributed by atoms with van der Waals surface area (Å²) in [5.41, 5.74) is 6.66. The molecule has 7 nitrogen and oxygen atoms in total. The number of aryl methyl sites for hydroxylation is 1. The van der Waals surface area contributed by atoms with Crippen LogP contribution in [0.15, 0.2) is 64.1 Å². The molecule has 2 aromatic carbocycles. The molecule has 0 saturated carbocycles. The van der Waals surface area contributed by atoms with Crippen molar-refractivity contribution in [1.82, 2.24) is 10.3 Å². The number of hydrogen-bond acceptors (Lipinski definition) is 5. The fourth-order valence-electron chi connectivity index (χ4n) is 4.72. The molecule has 8 heteroatoms. The van der Waals surface area contributed by atoms with Gasteiger partial charge in [0.25, 0.3) is 11.8 Å². The Hall–Kier alpha value is -3.58. The lowest BCUT2D eigenvalue weighted by Crippen LogP contribution is -2.48. The van der Waals surface area contributed by atoms with Crippen molar-refractivity contribution in [1.29, 1.82) is 0 Å². The first kappa shape index (κ1) is 23.2. The summed E-state index contributed by atoms with van der Waals surface area (Å²) in [4.78, 5) is 30.0. The number of fused-ring (bicyclic) bond motifs is 1. The minimum atomic E-state index is -0.310. The normalized spacial score (nSPS) is 16.8. The molecule has 0 unspecified atom stereocenters. The van der Waals surface area contributed by atoms with Crippen molar-refractivity contribution in [2.75, 3.05) is 31.1 Å². The van der Waals surface area contributed by atoms with Crippen LogP contribution in [0.4, 0.5) is 5.69 Å². The van der Waals surface area contributed by atoms with E-state index >= 15 is 0 Å². The van der Waals surface area contributed by atoms with Crippen molar-refractivity contribution in [3.05, 3.63) is 87.8 Å². The van der Waals surface area contributed by atoms with Crippen LogP contribution in [-0.4, -0.2) is 48.6 Å². The van der Waals surface area contributed by atoms with E-state index in [1.807, 2.05) is 30.0 Å². The maximum absolute atomic E-state index is 13.4. The maximum atomic E-state index is 13.4. The Kier molecular flexibility index (Phi) is 6.59. The number of amides is 2. The van der Waals surface area contributed by atoms with E-state index in [4.69, 9.17) is 16.0 Å². The maximum Gasteiger partial charge on any atom is 0.289 e. The summed E-state index contributed by atoms with van der Waals surface area (Å²) in [6, 6.07) is 16.9. The number of halogens is 1. The summed E-state index contributed by atoms with van der Waals surface area (Å²) in [6.45, 7) is 4.72. The van der Waals surface area contributed by atoms with Crippen LogP contribution in [0.3, 0.4) is 0 Å². The minimum absolute atomic E-state index is 0.0887. The van der Waals surface area contributed by atoms with Gasteiger partial charge in [0.15, 0.2) is 5.76 Å². The molecule has 0 atom stereocenters. The third kappa shape index (κ3) is 4.82. The number of benzene rings is 2. The lowest BCUT2D eigenvalue weighted by molar-refractivity contribution is 0.0711. The Balaban J connectivity index is 1.30. The average Bonchev–Trinajstić information content (AvgIpc) is 3.24. The molecule has 1 aliphatic heterocycles. The number of nitrogens with zero attached hydrogens (tertiary/aromatic N) is 3. The number of furan rings is 1. The Bertz CT molecular complexity index is 1260. The summed E-state index contributed by atoms with van der Waals surface area (Å²) in [6.07, 6.45) is 2.30. The van der Waals surface area contributed by atoms with E-state index in [1.54, 1.807) is 24.3 Å². The van der Waals surface area contributed by atoms with Gasteiger partial charge in [0, 0.05) is 60.0 Å². The summed E-state index contributed by atoms with van der Waals surface area (Å²) in [5.74, 6) is 0.741. The Morgan fingerprint density at radius 2 is 1.69 bits per heavy atom. The van der Waals surface area contributed by atoms with Crippen LogP contribution in [0.2, 0.25) is 5.02 Å². The van der Waals surface area contributed by atoms with Crippen molar-refractivity contribution in [3.63, 3.8) is 0 Å². The van der Waals surface area contributed by atoms with E-state index in [2.05, 4.69) is 27.6 Å². The molecule has 35 heavy (non-hydrogen) atoms. The highest BCUT2D eigenvalue weighted by molar-refractivity contribution is 6.30. The van der Waals surface area contributed by atoms with Crippen molar-refractivity contribution in [2.45, 2.75) is 26.2 Å². The topological polar surface area (TPSA) is 78.2 Å². The standard InChI is InChI=1S/C27H27ClN4O3/c1-18-24-22(29-30-26(33)19-10-12-20(28)13-11-19)8-5-9-23(24)35-25(18)27(34)32-16-14-31(15-17-32)21-6-3-2-4-7-21/h2-4,6-7,10-13H,5,8-9,14-17H2,1H3,(H,30,33)/b29-22+. The molecule has 180 valence electrons. The summed E-state index contributed by atoms with van der Waals surface area (Å²) < 4.78 is 6.09. The van der Waals surface area contributed by atoms with Gasteiger partial charge in [-0.05, 0) is 56.2 Å². The van der Waals surface area contributed by atoms with E-state index in [0.717, 1.165) is 48.5 Å². The zero-order valence-electron chi connectivity index (χ0n) is 19.6. The molecular formula is C27H27ClN4O3. The second-order valence-electron chi connectivity index (χ2n) is 8.83. The monoisotopic (exact) mass is 490 g/mol. The predicted octanol–water partition coefficient (Wildman–Crippen LogP) is 4.67. The second kappa shape index (κ2) is 9.96. The third-order valence-electron chi connectivity index (χ3n) is 6.61. The molecule has 1 N–H and O–H groups in total. The molecule has 0 bridgehead atoms.